The van der Waals surface area contributed by atoms with Crippen LogP contribution in [0.3, 0.4) is 0 Å². The van der Waals surface area contributed by atoms with Crippen molar-refractivity contribution in [3.8, 4) is 0 Å². The molecule has 16 heavy (non-hydrogen) atoms. The quantitative estimate of drug-likeness (QED) is 0.695. The summed E-state index contributed by atoms with van der Waals surface area (Å²) in [6.45, 7) is 3.65. The first-order chi connectivity index (χ1) is 7.52. The molecule has 0 radical (unpaired) electrons. The van der Waals surface area contributed by atoms with Crippen molar-refractivity contribution in [3.05, 3.63) is 34.6 Å². The highest BCUT2D eigenvalue weighted by atomic mass is 16.5. The van der Waals surface area contributed by atoms with E-state index in [2.05, 4.69) is 4.74 Å². The highest BCUT2D eigenvalue weighted by Crippen LogP contribution is 2.22. The van der Waals surface area contributed by atoms with E-state index in [9.17, 15) is 4.79 Å². The predicted octanol–water partition coefficient (Wildman–Crippen LogP) is 1.69. The van der Waals surface area contributed by atoms with E-state index in [4.69, 9.17) is 11.1 Å². The Morgan fingerprint density at radius 3 is 2.62 bits per heavy atom. The summed E-state index contributed by atoms with van der Waals surface area (Å²) in [6.07, 6.45) is 4.03. The molecule has 4 heteroatoms. The maximum Gasteiger partial charge on any atom is 0.338 e. The minimum atomic E-state index is -0.424. The lowest BCUT2D eigenvalue weighted by molar-refractivity contribution is -0.135. The van der Waals surface area contributed by atoms with E-state index in [1.54, 1.807) is 19.1 Å². The van der Waals surface area contributed by atoms with Crippen molar-refractivity contribution in [1.29, 1.82) is 5.41 Å². The fourth-order valence-electron chi connectivity index (χ4n) is 1.50. The van der Waals surface area contributed by atoms with Gasteiger partial charge < -0.3 is 10.5 Å². The maximum atomic E-state index is 11.4. The lowest BCUT2D eigenvalue weighted by atomic mass is 9.91. The van der Waals surface area contributed by atoms with Crippen LogP contribution in [0, 0.1) is 5.41 Å². The minimum absolute atomic E-state index is 0.294. The van der Waals surface area contributed by atoms with Crippen LogP contribution in [-0.4, -0.2) is 18.8 Å². The molecule has 4 nitrogen and oxygen atoms in total. The summed E-state index contributed by atoms with van der Waals surface area (Å²) in [5.41, 5.74) is 8.46. The molecule has 86 valence electrons. The standard InChI is InChI=1S/C12H16N2O2/c1-4-10(13)9-6-5-8(12(15)16-3)7(2)11(9)14/h5-6,14H,4,13H2,1-3H3/b10-9-,14-11?. The number of nitrogens with one attached hydrogen (secondary N) is 1. The molecule has 1 rings (SSSR count). The number of methoxy groups -OCH3 is 1. The zero-order valence-electron chi connectivity index (χ0n) is 9.76. The number of hydrogen-bond donors (Lipinski definition) is 2. The van der Waals surface area contributed by atoms with E-state index in [1.165, 1.54) is 7.11 Å². The topological polar surface area (TPSA) is 76.2 Å². The molecular weight excluding hydrogens is 204 g/mol. The van der Waals surface area contributed by atoms with Crippen LogP contribution in [0.15, 0.2) is 34.6 Å². The van der Waals surface area contributed by atoms with Crippen molar-refractivity contribution in [2.75, 3.05) is 7.11 Å². The zero-order chi connectivity index (χ0) is 12.3. The third-order valence-electron chi connectivity index (χ3n) is 2.60. The SMILES string of the molecule is CC/C(N)=C1\C=CC(C(=O)OC)=C(C)C1=N. The van der Waals surface area contributed by atoms with E-state index >= 15 is 0 Å². The molecule has 1 aliphatic carbocycles. The lowest BCUT2D eigenvalue weighted by Gasteiger charge is -2.16. The molecule has 0 atom stereocenters. The smallest absolute Gasteiger partial charge is 0.338 e. The number of esters is 1. The average molecular weight is 220 g/mol. The van der Waals surface area contributed by atoms with E-state index in [1.807, 2.05) is 6.92 Å². The summed E-state index contributed by atoms with van der Waals surface area (Å²) >= 11 is 0. The van der Waals surface area contributed by atoms with Crippen molar-refractivity contribution >= 4 is 11.7 Å². The van der Waals surface area contributed by atoms with Gasteiger partial charge in [0.2, 0.25) is 0 Å². The molecule has 0 bridgehead atoms. The van der Waals surface area contributed by atoms with Crippen LogP contribution >= 0.6 is 0 Å². The second kappa shape index (κ2) is 4.79. The molecule has 0 aromatic rings. The van der Waals surface area contributed by atoms with Gasteiger partial charge in [0, 0.05) is 11.3 Å². The van der Waals surface area contributed by atoms with Gasteiger partial charge in [-0.1, -0.05) is 13.0 Å². The number of hydrogen-bond acceptors (Lipinski definition) is 4. The molecular formula is C12H16N2O2. The Bertz CT molecular complexity index is 428. The van der Waals surface area contributed by atoms with Crippen molar-refractivity contribution in [3.63, 3.8) is 0 Å². The Balaban J connectivity index is 3.18. The van der Waals surface area contributed by atoms with E-state index in [0.29, 0.717) is 34.5 Å². The van der Waals surface area contributed by atoms with Crippen LogP contribution in [0.2, 0.25) is 0 Å². The van der Waals surface area contributed by atoms with Gasteiger partial charge >= 0.3 is 5.97 Å². The number of ether oxygens (including phenoxy) is 1. The van der Waals surface area contributed by atoms with E-state index in [-0.39, 0.29) is 0 Å². The molecule has 0 aromatic carbocycles. The van der Waals surface area contributed by atoms with Crippen molar-refractivity contribution in [1.82, 2.24) is 0 Å². The van der Waals surface area contributed by atoms with Crippen LogP contribution in [0.1, 0.15) is 20.3 Å². The van der Waals surface area contributed by atoms with Crippen LogP contribution in [0.25, 0.3) is 0 Å². The van der Waals surface area contributed by atoms with Crippen LogP contribution < -0.4 is 5.73 Å². The molecule has 0 saturated carbocycles. The highest BCUT2D eigenvalue weighted by molar-refractivity contribution is 6.18. The number of carbonyl (C=O) groups is 1. The van der Waals surface area contributed by atoms with Crippen molar-refractivity contribution < 1.29 is 9.53 Å². The van der Waals surface area contributed by atoms with Crippen LogP contribution in [0.4, 0.5) is 0 Å². The predicted molar refractivity (Wildman–Crippen MR) is 63.1 cm³/mol. The first kappa shape index (κ1) is 12.2. The molecule has 0 heterocycles. The monoisotopic (exact) mass is 220 g/mol. The third-order valence-corrected chi connectivity index (χ3v) is 2.60. The van der Waals surface area contributed by atoms with Gasteiger partial charge in [0.15, 0.2) is 0 Å². The van der Waals surface area contributed by atoms with E-state index in [0.717, 1.165) is 0 Å². The third kappa shape index (κ3) is 2.05. The largest absolute Gasteiger partial charge is 0.465 e. The van der Waals surface area contributed by atoms with Gasteiger partial charge in [0.1, 0.15) is 0 Å². The summed E-state index contributed by atoms with van der Waals surface area (Å²) < 4.78 is 4.64. The molecule has 0 spiro atoms. The van der Waals surface area contributed by atoms with Gasteiger partial charge in [-0.2, -0.15) is 0 Å². The Labute approximate surface area is 95.0 Å². The molecule has 0 aliphatic heterocycles. The fourth-order valence-corrected chi connectivity index (χ4v) is 1.50. The summed E-state index contributed by atoms with van der Waals surface area (Å²) in [5.74, 6) is -0.424. The van der Waals surface area contributed by atoms with Gasteiger partial charge in [-0.3, -0.25) is 5.41 Å². The normalized spacial score (nSPS) is 18.8. The van der Waals surface area contributed by atoms with E-state index < -0.39 is 5.97 Å². The lowest BCUT2D eigenvalue weighted by Crippen LogP contribution is -2.17. The van der Waals surface area contributed by atoms with Crippen molar-refractivity contribution in [2.45, 2.75) is 20.3 Å². The Morgan fingerprint density at radius 2 is 2.12 bits per heavy atom. The van der Waals surface area contributed by atoms with Gasteiger partial charge in [0.25, 0.3) is 0 Å². The molecule has 0 fully saturated rings. The summed E-state index contributed by atoms with van der Waals surface area (Å²) in [4.78, 5) is 11.4. The molecule has 0 saturated heterocycles. The first-order valence-corrected chi connectivity index (χ1v) is 5.08. The summed E-state index contributed by atoms with van der Waals surface area (Å²) in [5, 5.41) is 7.93. The number of allylic oxidation sites excluding steroid dienone is 4. The Hall–Kier alpha value is -1.84. The first-order valence-electron chi connectivity index (χ1n) is 5.08. The van der Waals surface area contributed by atoms with Gasteiger partial charge in [-0.15, -0.1) is 0 Å². The molecule has 0 aromatic heterocycles. The second-order valence-electron chi connectivity index (χ2n) is 3.53. The molecule has 0 amide bonds. The average Bonchev–Trinajstić information content (AvgIpc) is 2.30. The summed E-state index contributed by atoms with van der Waals surface area (Å²) in [6, 6.07) is 0. The van der Waals surface area contributed by atoms with Gasteiger partial charge in [-0.25, -0.2) is 4.79 Å². The Kier molecular flexibility index (Phi) is 3.66. The maximum absolute atomic E-state index is 11.4. The van der Waals surface area contributed by atoms with Crippen molar-refractivity contribution in [2.24, 2.45) is 5.73 Å². The van der Waals surface area contributed by atoms with Gasteiger partial charge in [0.05, 0.1) is 18.4 Å². The zero-order valence-corrected chi connectivity index (χ0v) is 9.76. The van der Waals surface area contributed by atoms with Crippen LogP contribution in [-0.2, 0) is 9.53 Å². The molecule has 3 N–H and O–H groups in total. The van der Waals surface area contributed by atoms with Crippen LogP contribution in [0.5, 0.6) is 0 Å². The minimum Gasteiger partial charge on any atom is -0.465 e. The van der Waals surface area contributed by atoms with Gasteiger partial charge in [-0.05, 0) is 25.0 Å². The number of carbonyl (C=O) groups excluding carboxylic acids is 1. The second-order valence-corrected chi connectivity index (χ2v) is 3.53. The molecule has 0 unspecified atom stereocenters. The highest BCUT2D eigenvalue weighted by Gasteiger charge is 2.20. The number of rotatable bonds is 2. The molecule has 1 aliphatic rings. The fraction of sp³-hybridized carbons (Fsp3) is 0.333. The summed E-state index contributed by atoms with van der Waals surface area (Å²) in [7, 11) is 1.33. The number of nitrogens with two attached hydrogens (primary N) is 1. The Morgan fingerprint density at radius 1 is 1.50 bits per heavy atom.